The number of aryl methyl sites for hydroxylation is 1. The number of fused-ring (bicyclic) bond motifs is 2. The highest BCUT2D eigenvalue weighted by atomic mass is 32.2. The Kier molecular flexibility index (Phi) is 15.3. The first kappa shape index (κ1) is 50.7. The molecule has 3 aromatic rings. The van der Waals surface area contributed by atoms with Gasteiger partial charge in [-0.25, -0.2) is 0 Å². The van der Waals surface area contributed by atoms with Gasteiger partial charge in [-0.1, -0.05) is 58.4 Å². The van der Waals surface area contributed by atoms with Crippen LogP contribution in [0.1, 0.15) is 112 Å². The molecule has 2 heterocycles. The third-order valence-electron chi connectivity index (χ3n) is 12.9. The lowest BCUT2D eigenvalue weighted by Crippen LogP contribution is -2.51. The molecule has 2 aliphatic rings. The fourth-order valence-corrected chi connectivity index (χ4v) is 9.76. The van der Waals surface area contributed by atoms with Crippen LogP contribution in [-0.2, 0) is 47.1 Å². The Morgan fingerprint density at radius 2 is 1.54 bits per heavy atom. The van der Waals surface area contributed by atoms with Gasteiger partial charge in [0.1, 0.15) is 11.5 Å². The van der Waals surface area contributed by atoms with Gasteiger partial charge >= 0.3 is 5.97 Å². The van der Waals surface area contributed by atoms with E-state index in [2.05, 4.69) is 10.2 Å². The van der Waals surface area contributed by atoms with Crippen LogP contribution < -0.4 is 15.0 Å². The molecule has 2 aliphatic heterocycles. The minimum atomic E-state index is -4.50. The molecule has 1 unspecified atom stereocenters. The Bertz CT molecular complexity index is 2700. The van der Waals surface area contributed by atoms with Crippen LogP contribution >= 0.6 is 0 Å². The Hall–Kier alpha value is -5.29. The molecular formula is C49H63N3O11S2. The van der Waals surface area contributed by atoms with Gasteiger partial charge in [0.15, 0.2) is 5.60 Å². The maximum atomic E-state index is 13.6. The minimum Gasteiger partial charge on any atom is -0.507 e. The Morgan fingerprint density at radius 1 is 0.877 bits per heavy atom. The van der Waals surface area contributed by atoms with E-state index in [4.69, 9.17) is 14.8 Å². The van der Waals surface area contributed by atoms with Crippen molar-refractivity contribution in [3.63, 3.8) is 0 Å². The highest BCUT2D eigenvalue weighted by Crippen LogP contribution is 2.49. The normalized spacial score (nSPS) is 18.3. The van der Waals surface area contributed by atoms with Crippen molar-refractivity contribution < 1.29 is 50.5 Å². The van der Waals surface area contributed by atoms with Gasteiger partial charge in [-0.15, -0.1) is 0 Å². The van der Waals surface area contributed by atoms with Gasteiger partial charge in [-0.05, 0) is 136 Å². The van der Waals surface area contributed by atoms with Gasteiger partial charge in [0.2, 0.25) is 0 Å². The molecule has 0 aliphatic carbocycles. The summed E-state index contributed by atoms with van der Waals surface area (Å²) in [5, 5.41) is 22.7. The highest BCUT2D eigenvalue weighted by Gasteiger charge is 2.42. The molecule has 0 fully saturated rings. The number of nitrogens with zero attached hydrogens (tertiary/aromatic N) is 2. The van der Waals surface area contributed by atoms with Crippen LogP contribution in [0.2, 0.25) is 0 Å². The number of amides is 1. The largest absolute Gasteiger partial charge is 0.507 e. The zero-order chi connectivity index (χ0) is 48.3. The topological polar surface area (TPSA) is 220 Å². The number of nitrogens with one attached hydrogen (secondary N) is 1. The van der Waals surface area contributed by atoms with Gasteiger partial charge in [0, 0.05) is 66.0 Å². The fourth-order valence-electron chi connectivity index (χ4n) is 8.74. The fraction of sp³-hybridized carbons (Fsp3) is 0.449. The third kappa shape index (κ3) is 11.2. The molecule has 0 aromatic heterocycles. The van der Waals surface area contributed by atoms with Gasteiger partial charge in [0.05, 0.1) is 9.79 Å². The number of hydrogen-bond donors (Lipinski definition) is 5. The number of allylic oxidation sites excluding steroid dienone is 6. The number of phenols is 1. The smallest absolute Gasteiger partial charge is 0.303 e. The summed E-state index contributed by atoms with van der Waals surface area (Å²) >= 11 is 0. The van der Waals surface area contributed by atoms with Crippen LogP contribution in [-0.4, -0.2) is 79.0 Å². The average Bonchev–Trinajstić information content (AvgIpc) is 3.43. The van der Waals surface area contributed by atoms with Crippen molar-refractivity contribution in [1.82, 2.24) is 5.32 Å². The summed E-state index contributed by atoms with van der Waals surface area (Å²) in [5.41, 5.74) is 4.97. The molecule has 5 rings (SSSR count). The lowest BCUT2D eigenvalue weighted by molar-refractivity contribution is -0.137. The van der Waals surface area contributed by atoms with Crippen LogP contribution in [0.15, 0.2) is 87.3 Å². The molecule has 14 nitrogen and oxygen atoms in total. The van der Waals surface area contributed by atoms with Gasteiger partial charge < -0.3 is 25.2 Å². The quantitative estimate of drug-likeness (QED) is 0.0351. The molecule has 0 saturated heterocycles. The predicted octanol–water partition coefficient (Wildman–Crippen LogP) is 8.57. The number of carboxylic acids is 1. The summed E-state index contributed by atoms with van der Waals surface area (Å²) in [6, 6.07) is 8.97. The average molecular weight is 934 g/mol. The Morgan fingerprint density at radius 3 is 2.20 bits per heavy atom. The number of ether oxygens (including phenoxy) is 1. The molecule has 1 atom stereocenters. The number of carbonyl (C=O) groups excluding carboxylic acids is 1. The van der Waals surface area contributed by atoms with Crippen molar-refractivity contribution in [2.75, 3.05) is 24.5 Å². The van der Waals surface area contributed by atoms with Crippen LogP contribution in [0.4, 0.5) is 5.69 Å². The predicted molar refractivity (Wildman–Crippen MR) is 253 cm³/mol. The first-order chi connectivity index (χ1) is 30.2. The number of benzene rings is 3. The standard InChI is InChI=1S/C49H63N3O11S2/c1-31-20-21-35(64(57,58)59)29-38(31)47(5,6)41(50-26-16-27-51-46(56)49(9)25-24-37-34(4)44(55)32(2)33(3)45(37)63-49)17-12-10-13-18-42-48(7,8)39-30-36(65(60,61)62)22-23-40(39)52(42)28-15-11-14-19-43(53)54/h10,12-13,17-18,20-23,29-30,55H,11,14-16,19,24-28H2,1-9H3,(H,51,56)(H,53,54)(H,57,58,59)(H,60,61,62)/b13-10+,17-12+,42-18+,50-41?. The third-order valence-corrected chi connectivity index (χ3v) is 14.6. The summed E-state index contributed by atoms with van der Waals surface area (Å²) < 4.78 is 74.7. The van der Waals surface area contributed by atoms with Crippen LogP contribution in [0.25, 0.3) is 0 Å². The van der Waals surface area contributed by atoms with Crippen molar-refractivity contribution in [3.05, 3.63) is 111 Å². The first-order valence-electron chi connectivity index (χ1n) is 21.8. The molecule has 352 valence electrons. The first-order valence-corrected chi connectivity index (χ1v) is 24.7. The van der Waals surface area contributed by atoms with Gasteiger partial charge in [-0.2, -0.15) is 16.8 Å². The van der Waals surface area contributed by atoms with Crippen molar-refractivity contribution in [2.45, 2.75) is 133 Å². The number of carboxylic acid groups (broad SMARTS) is 1. The number of hydrogen-bond acceptors (Lipinski definition) is 10. The number of phenolic OH excluding ortho intramolecular Hbond substituents is 1. The lowest BCUT2D eigenvalue weighted by Gasteiger charge is -2.36. The van der Waals surface area contributed by atoms with Crippen molar-refractivity contribution in [3.8, 4) is 11.5 Å². The van der Waals surface area contributed by atoms with Gasteiger partial charge in [0.25, 0.3) is 26.1 Å². The molecular weight excluding hydrogens is 871 g/mol. The maximum Gasteiger partial charge on any atom is 0.303 e. The number of aromatic hydroxyl groups is 1. The number of carbonyl (C=O) groups is 2. The number of rotatable bonds is 18. The van der Waals surface area contributed by atoms with E-state index in [0.29, 0.717) is 75.2 Å². The van der Waals surface area contributed by atoms with Crippen LogP contribution in [0.3, 0.4) is 0 Å². The maximum absolute atomic E-state index is 13.6. The van der Waals surface area contributed by atoms with Crippen LogP contribution in [0, 0.1) is 27.7 Å². The van der Waals surface area contributed by atoms with Crippen molar-refractivity contribution in [2.24, 2.45) is 4.99 Å². The molecule has 0 saturated carbocycles. The molecule has 16 heteroatoms. The van der Waals surface area contributed by atoms with Crippen molar-refractivity contribution >= 4 is 43.5 Å². The Balaban J connectivity index is 1.39. The molecule has 65 heavy (non-hydrogen) atoms. The number of aliphatic carboxylic acids is 1. The van der Waals surface area contributed by atoms with Gasteiger partial charge in [-0.3, -0.25) is 23.7 Å². The van der Waals surface area contributed by atoms with E-state index in [9.17, 15) is 40.6 Å². The van der Waals surface area contributed by atoms with E-state index < -0.39 is 42.6 Å². The second-order valence-corrected chi connectivity index (χ2v) is 21.1. The lowest BCUT2D eigenvalue weighted by atomic mass is 9.77. The molecule has 0 radical (unpaired) electrons. The summed E-state index contributed by atoms with van der Waals surface area (Å²) in [5.74, 6) is -0.224. The van der Waals surface area contributed by atoms with E-state index in [-0.39, 0.29) is 27.9 Å². The summed E-state index contributed by atoms with van der Waals surface area (Å²) in [6.45, 7) is 18.1. The van der Waals surface area contributed by atoms with E-state index in [1.165, 1.54) is 24.3 Å². The summed E-state index contributed by atoms with van der Waals surface area (Å²) in [6.07, 6.45) is 12.7. The molecule has 0 spiro atoms. The second kappa shape index (κ2) is 19.7. The summed E-state index contributed by atoms with van der Waals surface area (Å²) in [4.78, 5) is 31.3. The zero-order valence-electron chi connectivity index (χ0n) is 38.8. The Labute approximate surface area is 383 Å². The summed E-state index contributed by atoms with van der Waals surface area (Å²) in [7, 11) is -8.95. The van der Waals surface area contributed by atoms with E-state index in [1.54, 1.807) is 19.1 Å². The molecule has 5 N–H and O–H groups in total. The van der Waals surface area contributed by atoms with Crippen molar-refractivity contribution in [1.29, 1.82) is 0 Å². The second-order valence-electron chi connectivity index (χ2n) is 18.2. The number of unbranched alkanes of at least 4 members (excludes halogenated alkanes) is 2. The van der Waals surface area contributed by atoms with Crippen LogP contribution in [0.5, 0.6) is 11.5 Å². The van der Waals surface area contributed by atoms with E-state index in [1.807, 2.05) is 85.8 Å². The molecule has 0 bridgehead atoms. The number of aliphatic imine (C=N–C) groups is 1. The van der Waals surface area contributed by atoms with E-state index >= 15 is 0 Å². The number of anilines is 1. The monoisotopic (exact) mass is 933 g/mol. The highest BCUT2D eigenvalue weighted by molar-refractivity contribution is 7.86. The minimum absolute atomic E-state index is 0.0691. The molecule has 3 aromatic carbocycles. The van der Waals surface area contributed by atoms with E-state index in [0.717, 1.165) is 44.8 Å². The SMILES string of the molecule is Cc1ccc(S(=O)(=O)O)cc1C(C)(C)C(/C=C/C=C/C=C1/N(CCCCCC(=O)O)c2ccc(S(=O)(=O)O)cc2C1(C)C)=NCCCNC(=O)C1(C)CCc2c(C)c(O)c(C)c(C)c2O1. The zero-order valence-corrected chi connectivity index (χ0v) is 40.4. The molecule has 1 amide bonds.